The maximum Gasteiger partial charge on any atom is 0.190 e. The summed E-state index contributed by atoms with van der Waals surface area (Å²) in [7, 11) is 0. The number of halogens is 1. The summed E-state index contributed by atoms with van der Waals surface area (Å²) in [5, 5.41) is 4.12. The lowest BCUT2D eigenvalue weighted by Crippen LogP contribution is -2.17. The van der Waals surface area contributed by atoms with Crippen LogP contribution in [0.15, 0.2) is 95.4 Å². The monoisotopic (exact) mass is 429 g/mol. The maximum atomic E-state index is 6.37. The first-order valence-electron chi connectivity index (χ1n) is 9.87. The van der Waals surface area contributed by atoms with Gasteiger partial charge in [-0.25, -0.2) is 4.99 Å². The fraction of sp³-hybridized carbons (Fsp3) is 0.0800. The van der Waals surface area contributed by atoms with Gasteiger partial charge in [-0.1, -0.05) is 72.3 Å². The molecule has 0 spiro atoms. The van der Waals surface area contributed by atoms with Crippen LogP contribution < -0.4 is 4.80 Å². The summed E-state index contributed by atoms with van der Waals surface area (Å²) in [6.07, 6.45) is 3.03. The van der Waals surface area contributed by atoms with Crippen molar-refractivity contribution < 1.29 is 0 Å². The molecule has 0 bridgehead atoms. The second-order valence-electron chi connectivity index (χ2n) is 7.09. The molecule has 0 aliphatic carbocycles. The number of aryl methyl sites for hydroxylation is 1. The molecular formula is C25H20ClN3S. The van der Waals surface area contributed by atoms with E-state index in [1.807, 2.05) is 30.3 Å². The molecule has 30 heavy (non-hydrogen) atoms. The summed E-state index contributed by atoms with van der Waals surface area (Å²) < 4.78 is 2.30. The average Bonchev–Trinajstić information content (AvgIpc) is 3.38. The summed E-state index contributed by atoms with van der Waals surface area (Å²) in [6.45, 7) is 0.832. The van der Waals surface area contributed by atoms with Crippen molar-refractivity contribution in [3.63, 3.8) is 0 Å². The van der Waals surface area contributed by atoms with Gasteiger partial charge in [0.25, 0.3) is 0 Å². The van der Waals surface area contributed by atoms with Gasteiger partial charge in [-0.15, -0.1) is 11.3 Å². The van der Waals surface area contributed by atoms with E-state index >= 15 is 0 Å². The van der Waals surface area contributed by atoms with E-state index in [2.05, 4.69) is 69.7 Å². The van der Waals surface area contributed by atoms with Crippen molar-refractivity contribution in [1.82, 2.24) is 9.55 Å². The Bertz CT molecular complexity index is 1360. The summed E-state index contributed by atoms with van der Waals surface area (Å²) in [6, 6.07) is 26.6. The van der Waals surface area contributed by atoms with Crippen molar-refractivity contribution in [3.8, 4) is 11.3 Å². The molecule has 0 saturated heterocycles. The molecule has 0 unspecified atom stereocenters. The number of hydrogen-bond acceptors (Lipinski definition) is 2. The molecule has 0 aliphatic rings. The lowest BCUT2D eigenvalue weighted by atomic mass is 10.1. The van der Waals surface area contributed by atoms with Gasteiger partial charge in [-0.3, -0.25) is 0 Å². The zero-order valence-corrected chi connectivity index (χ0v) is 17.8. The van der Waals surface area contributed by atoms with Gasteiger partial charge in [0, 0.05) is 29.0 Å². The highest BCUT2D eigenvalue weighted by Crippen LogP contribution is 2.25. The Morgan fingerprint density at radius 1 is 0.900 bits per heavy atom. The average molecular weight is 430 g/mol. The van der Waals surface area contributed by atoms with E-state index in [0.29, 0.717) is 5.02 Å². The molecule has 5 rings (SSSR count). The molecule has 0 aliphatic heterocycles. The molecule has 3 aromatic carbocycles. The normalized spacial score (nSPS) is 12.0. The number of rotatable bonds is 5. The van der Waals surface area contributed by atoms with Crippen molar-refractivity contribution in [1.29, 1.82) is 0 Å². The zero-order chi connectivity index (χ0) is 20.3. The minimum atomic E-state index is 0.662. The second-order valence-corrected chi connectivity index (χ2v) is 8.34. The summed E-state index contributed by atoms with van der Waals surface area (Å²) in [5.41, 5.74) is 5.64. The van der Waals surface area contributed by atoms with Gasteiger partial charge in [0.15, 0.2) is 4.80 Å². The maximum absolute atomic E-state index is 6.37. The van der Waals surface area contributed by atoms with Crippen molar-refractivity contribution in [2.45, 2.75) is 13.0 Å². The number of nitrogens with one attached hydrogen (secondary N) is 1. The van der Waals surface area contributed by atoms with Crippen LogP contribution in [-0.4, -0.2) is 9.55 Å². The van der Waals surface area contributed by atoms with Crippen molar-refractivity contribution in [3.05, 3.63) is 106 Å². The van der Waals surface area contributed by atoms with Crippen LogP contribution in [0.4, 0.5) is 5.69 Å². The molecule has 1 N–H and O–H groups in total. The summed E-state index contributed by atoms with van der Waals surface area (Å²) in [5.74, 6) is 0. The molecule has 0 atom stereocenters. The highest BCUT2D eigenvalue weighted by molar-refractivity contribution is 7.07. The summed E-state index contributed by atoms with van der Waals surface area (Å²) >= 11 is 8.02. The van der Waals surface area contributed by atoms with Crippen molar-refractivity contribution in [2.24, 2.45) is 4.99 Å². The topological polar surface area (TPSA) is 33.1 Å². The predicted octanol–water partition coefficient (Wildman–Crippen LogP) is 6.83. The largest absolute Gasteiger partial charge is 0.361 e. The van der Waals surface area contributed by atoms with E-state index in [9.17, 15) is 0 Å². The first-order chi connectivity index (χ1) is 14.8. The fourth-order valence-corrected chi connectivity index (χ4v) is 4.82. The first-order valence-corrected chi connectivity index (χ1v) is 11.1. The lowest BCUT2D eigenvalue weighted by Gasteiger charge is -2.09. The quantitative estimate of drug-likeness (QED) is 0.317. The lowest BCUT2D eigenvalue weighted by molar-refractivity contribution is 0.686. The van der Waals surface area contributed by atoms with Crippen LogP contribution in [0, 0.1) is 0 Å². The van der Waals surface area contributed by atoms with Crippen LogP contribution in [0.3, 0.4) is 0 Å². The van der Waals surface area contributed by atoms with Gasteiger partial charge in [0.05, 0.1) is 16.4 Å². The number of para-hydroxylation sites is 2. The van der Waals surface area contributed by atoms with Gasteiger partial charge in [-0.05, 0) is 35.7 Å². The van der Waals surface area contributed by atoms with E-state index in [4.69, 9.17) is 16.6 Å². The van der Waals surface area contributed by atoms with Gasteiger partial charge in [0.2, 0.25) is 0 Å². The molecule has 0 saturated carbocycles. The predicted molar refractivity (Wildman–Crippen MR) is 126 cm³/mol. The Hall–Kier alpha value is -3.08. The third-order valence-electron chi connectivity index (χ3n) is 5.22. The van der Waals surface area contributed by atoms with Crippen molar-refractivity contribution in [2.75, 3.05) is 0 Å². The Morgan fingerprint density at radius 3 is 2.53 bits per heavy atom. The Kier molecular flexibility index (Phi) is 5.26. The molecule has 0 amide bonds. The van der Waals surface area contributed by atoms with E-state index in [1.54, 1.807) is 11.3 Å². The highest BCUT2D eigenvalue weighted by Gasteiger charge is 2.10. The smallest absolute Gasteiger partial charge is 0.190 e. The Labute approximate surface area is 183 Å². The fourth-order valence-electron chi connectivity index (χ4n) is 3.69. The van der Waals surface area contributed by atoms with Gasteiger partial charge >= 0.3 is 0 Å². The highest BCUT2D eigenvalue weighted by atomic mass is 35.5. The van der Waals surface area contributed by atoms with Crippen molar-refractivity contribution >= 4 is 39.5 Å². The minimum absolute atomic E-state index is 0.662. The third kappa shape index (κ3) is 3.72. The molecular weight excluding hydrogens is 410 g/mol. The first kappa shape index (κ1) is 18.9. The van der Waals surface area contributed by atoms with E-state index in [0.717, 1.165) is 23.5 Å². The number of fused-ring (bicyclic) bond motifs is 1. The molecule has 2 heterocycles. The molecule has 5 heteroatoms. The van der Waals surface area contributed by atoms with E-state index < -0.39 is 0 Å². The van der Waals surface area contributed by atoms with Gasteiger partial charge in [0.1, 0.15) is 0 Å². The molecule has 0 fully saturated rings. The number of H-pyrrole nitrogens is 1. The van der Waals surface area contributed by atoms with Gasteiger partial charge < -0.3 is 9.55 Å². The van der Waals surface area contributed by atoms with Crippen LogP contribution in [-0.2, 0) is 13.0 Å². The van der Waals surface area contributed by atoms with Crippen LogP contribution >= 0.6 is 22.9 Å². The number of benzene rings is 3. The number of aromatic amines is 1. The van der Waals surface area contributed by atoms with Crippen LogP contribution in [0.2, 0.25) is 5.02 Å². The molecule has 3 nitrogen and oxygen atoms in total. The van der Waals surface area contributed by atoms with E-state index in [1.165, 1.54) is 27.7 Å². The molecule has 2 aromatic heterocycles. The number of aromatic nitrogens is 2. The molecule has 5 aromatic rings. The number of thiazole rings is 1. The van der Waals surface area contributed by atoms with E-state index in [-0.39, 0.29) is 0 Å². The standard InChI is InChI=1S/C25H20ClN3S/c26-21-11-5-7-13-23(21)28-25-29(24(17-30-25)18-8-2-1-3-9-18)15-14-19-16-27-22-12-6-4-10-20(19)22/h1-13,16-17,27H,14-15H2. The second kappa shape index (κ2) is 8.34. The SMILES string of the molecule is Clc1ccccc1N=c1scc(-c2ccccc2)n1CCc1c[nH]c2ccccc12. The van der Waals surface area contributed by atoms with Gasteiger partial charge in [-0.2, -0.15) is 0 Å². The molecule has 0 radical (unpaired) electrons. The molecule has 148 valence electrons. The van der Waals surface area contributed by atoms with Crippen LogP contribution in [0.5, 0.6) is 0 Å². The Morgan fingerprint density at radius 2 is 1.67 bits per heavy atom. The van der Waals surface area contributed by atoms with Crippen LogP contribution in [0.25, 0.3) is 22.2 Å². The number of nitrogens with zero attached hydrogens (tertiary/aromatic N) is 2. The summed E-state index contributed by atoms with van der Waals surface area (Å²) in [4.78, 5) is 9.22. The Balaban J connectivity index is 1.57. The minimum Gasteiger partial charge on any atom is -0.361 e. The zero-order valence-electron chi connectivity index (χ0n) is 16.3. The number of hydrogen-bond donors (Lipinski definition) is 1. The third-order valence-corrected chi connectivity index (χ3v) is 6.40. The van der Waals surface area contributed by atoms with Crippen LogP contribution in [0.1, 0.15) is 5.56 Å².